The Bertz CT molecular complexity index is 689. The van der Waals surface area contributed by atoms with Crippen LogP contribution in [0.4, 0.5) is 0 Å². The van der Waals surface area contributed by atoms with E-state index >= 15 is 0 Å². The maximum Gasteiger partial charge on any atom is 0.339 e. The number of nitrogens with two attached hydrogens (primary N) is 1. The Labute approximate surface area is 115 Å². The largest absolute Gasteiger partial charge is 0.478 e. The Morgan fingerprint density at radius 1 is 1.35 bits per heavy atom. The molecule has 3 N–H and O–H groups in total. The number of carboxylic acids is 1. The highest BCUT2D eigenvalue weighted by molar-refractivity contribution is 5.93. The molecule has 0 aliphatic rings. The number of nitrogens with zero attached hydrogens (tertiary/aromatic N) is 2. The standard InChI is InChI=1S/C14H15N3O3/c1-8-5-10(13(15)18)3-4-11(8)7-17-9(2)12(6-16-17)14(19)20/h3-6H,7H2,1-2H3,(H2,15,18)(H,19,20). The Kier molecular flexibility index (Phi) is 3.56. The molecule has 0 bridgehead atoms. The summed E-state index contributed by atoms with van der Waals surface area (Å²) in [6.45, 7) is 4.03. The molecule has 1 aromatic heterocycles. The Morgan fingerprint density at radius 2 is 2.05 bits per heavy atom. The van der Waals surface area contributed by atoms with Gasteiger partial charge in [-0.15, -0.1) is 0 Å². The van der Waals surface area contributed by atoms with Crippen molar-refractivity contribution in [3.63, 3.8) is 0 Å². The van der Waals surface area contributed by atoms with E-state index < -0.39 is 11.9 Å². The van der Waals surface area contributed by atoms with Gasteiger partial charge >= 0.3 is 5.97 Å². The van der Waals surface area contributed by atoms with Crippen LogP contribution < -0.4 is 5.73 Å². The van der Waals surface area contributed by atoms with Gasteiger partial charge in [0.2, 0.25) is 5.91 Å². The van der Waals surface area contributed by atoms with Gasteiger partial charge in [-0.25, -0.2) is 4.79 Å². The summed E-state index contributed by atoms with van der Waals surface area (Å²) in [5, 5.41) is 13.1. The number of aromatic carboxylic acids is 1. The molecule has 1 amide bonds. The van der Waals surface area contributed by atoms with Crippen molar-refractivity contribution in [2.24, 2.45) is 5.73 Å². The highest BCUT2D eigenvalue weighted by Gasteiger charge is 2.13. The summed E-state index contributed by atoms with van der Waals surface area (Å²) >= 11 is 0. The van der Waals surface area contributed by atoms with Crippen molar-refractivity contribution in [1.29, 1.82) is 0 Å². The first kappa shape index (κ1) is 13.8. The third-order valence-electron chi connectivity index (χ3n) is 3.28. The van der Waals surface area contributed by atoms with Crippen LogP contribution in [0.25, 0.3) is 0 Å². The fourth-order valence-electron chi connectivity index (χ4n) is 2.00. The number of rotatable bonds is 4. The summed E-state index contributed by atoms with van der Waals surface area (Å²) in [6, 6.07) is 5.17. The molecular formula is C14H15N3O3. The van der Waals surface area contributed by atoms with Crippen LogP contribution in [-0.4, -0.2) is 26.8 Å². The number of carboxylic acid groups (broad SMARTS) is 1. The minimum Gasteiger partial charge on any atom is -0.478 e. The van der Waals surface area contributed by atoms with Crippen molar-refractivity contribution in [2.45, 2.75) is 20.4 Å². The molecule has 0 atom stereocenters. The lowest BCUT2D eigenvalue weighted by atomic mass is 10.0. The quantitative estimate of drug-likeness (QED) is 0.878. The van der Waals surface area contributed by atoms with Gasteiger partial charge in [-0.3, -0.25) is 9.48 Å². The minimum absolute atomic E-state index is 0.191. The van der Waals surface area contributed by atoms with E-state index in [1.807, 2.05) is 6.92 Å². The Morgan fingerprint density at radius 3 is 2.55 bits per heavy atom. The van der Waals surface area contributed by atoms with Gasteiger partial charge in [0.1, 0.15) is 5.56 Å². The average molecular weight is 273 g/mol. The van der Waals surface area contributed by atoms with Crippen LogP contribution in [0.5, 0.6) is 0 Å². The van der Waals surface area contributed by atoms with E-state index in [9.17, 15) is 9.59 Å². The number of carbonyl (C=O) groups excluding carboxylic acids is 1. The van der Waals surface area contributed by atoms with Crippen LogP contribution in [0.3, 0.4) is 0 Å². The molecule has 0 unspecified atom stereocenters. The first-order valence-corrected chi connectivity index (χ1v) is 6.05. The summed E-state index contributed by atoms with van der Waals surface area (Å²) in [6.07, 6.45) is 1.34. The van der Waals surface area contributed by atoms with Crippen molar-refractivity contribution in [3.8, 4) is 0 Å². The zero-order valence-electron chi connectivity index (χ0n) is 11.3. The average Bonchev–Trinajstić information content (AvgIpc) is 2.73. The molecule has 0 saturated heterocycles. The predicted octanol–water partition coefficient (Wildman–Crippen LogP) is 1.35. The summed E-state index contributed by atoms with van der Waals surface area (Å²) in [5.74, 6) is -1.46. The summed E-state index contributed by atoms with van der Waals surface area (Å²) < 4.78 is 1.62. The van der Waals surface area contributed by atoms with Crippen molar-refractivity contribution >= 4 is 11.9 Å². The zero-order valence-corrected chi connectivity index (χ0v) is 11.3. The lowest BCUT2D eigenvalue weighted by Crippen LogP contribution is -2.12. The molecular weight excluding hydrogens is 258 g/mol. The van der Waals surface area contributed by atoms with Crippen LogP contribution in [-0.2, 0) is 6.54 Å². The number of amides is 1. The van der Waals surface area contributed by atoms with Crippen molar-refractivity contribution < 1.29 is 14.7 Å². The highest BCUT2D eigenvalue weighted by Crippen LogP contribution is 2.15. The maximum absolute atomic E-state index is 11.1. The number of benzene rings is 1. The number of carbonyl (C=O) groups is 2. The van der Waals surface area contributed by atoms with E-state index in [4.69, 9.17) is 10.8 Å². The smallest absolute Gasteiger partial charge is 0.339 e. The summed E-state index contributed by atoms with van der Waals surface area (Å²) in [7, 11) is 0. The number of aromatic nitrogens is 2. The second-order valence-electron chi connectivity index (χ2n) is 4.61. The molecule has 2 aromatic rings. The molecule has 0 aliphatic heterocycles. The third kappa shape index (κ3) is 2.54. The van der Waals surface area contributed by atoms with E-state index in [2.05, 4.69) is 5.10 Å². The van der Waals surface area contributed by atoms with Gasteiger partial charge in [0.25, 0.3) is 0 Å². The molecule has 0 saturated carbocycles. The van der Waals surface area contributed by atoms with Crippen LogP contribution in [0.15, 0.2) is 24.4 Å². The van der Waals surface area contributed by atoms with E-state index in [1.54, 1.807) is 29.8 Å². The first-order chi connectivity index (χ1) is 9.40. The molecule has 0 spiro atoms. The van der Waals surface area contributed by atoms with Crippen molar-refractivity contribution in [2.75, 3.05) is 0 Å². The normalized spacial score (nSPS) is 10.5. The maximum atomic E-state index is 11.1. The van der Waals surface area contributed by atoms with Crippen molar-refractivity contribution in [3.05, 3.63) is 52.3 Å². The van der Waals surface area contributed by atoms with Gasteiger partial charge in [0.05, 0.1) is 18.4 Å². The SMILES string of the molecule is Cc1cc(C(N)=O)ccc1Cn1ncc(C(=O)O)c1C. The van der Waals surface area contributed by atoms with Crippen LogP contribution in [0, 0.1) is 13.8 Å². The molecule has 0 fully saturated rings. The van der Waals surface area contributed by atoms with Gasteiger partial charge in [-0.1, -0.05) is 6.07 Å². The van der Waals surface area contributed by atoms with Crippen LogP contribution in [0.2, 0.25) is 0 Å². The lowest BCUT2D eigenvalue weighted by molar-refractivity contribution is 0.0695. The van der Waals surface area contributed by atoms with Gasteiger partial charge in [-0.2, -0.15) is 5.10 Å². The van der Waals surface area contributed by atoms with Crippen LogP contribution >= 0.6 is 0 Å². The molecule has 0 radical (unpaired) electrons. The number of hydrogen-bond donors (Lipinski definition) is 2. The molecule has 6 nitrogen and oxygen atoms in total. The van der Waals surface area contributed by atoms with E-state index in [-0.39, 0.29) is 5.56 Å². The zero-order chi connectivity index (χ0) is 14.9. The monoisotopic (exact) mass is 273 g/mol. The Balaban J connectivity index is 2.31. The molecule has 1 aromatic carbocycles. The van der Waals surface area contributed by atoms with Crippen LogP contribution in [0.1, 0.15) is 37.5 Å². The summed E-state index contributed by atoms with van der Waals surface area (Å²) in [5.41, 5.74) is 8.33. The van der Waals surface area contributed by atoms with Gasteiger partial charge in [0, 0.05) is 5.56 Å². The number of aryl methyl sites for hydroxylation is 1. The van der Waals surface area contributed by atoms with Crippen molar-refractivity contribution in [1.82, 2.24) is 9.78 Å². The predicted molar refractivity (Wildman–Crippen MR) is 72.7 cm³/mol. The lowest BCUT2D eigenvalue weighted by Gasteiger charge is -2.09. The van der Waals surface area contributed by atoms with Gasteiger partial charge in [0.15, 0.2) is 0 Å². The minimum atomic E-state index is -0.991. The fourth-order valence-corrected chi connectivity index (χ4v) is 2.00. The molecule has 20 heavy (non-hydrogen) atoms. The molecule has 2 rings (SSSR count). The van der Waals surface area contributed by atoms with Gasteiger partial charge < -0.3 is 10.8 Å². The third-order valence-corrected chi connectivity index (χ3v) is 3.28. The second-order valence-corrected chi connectivity index (χ2v) is 4.61. The van der Waals surface area contributed by atoms with Gasteiger partial charge in [-0.05, 0) is 37.1 Å². The number of hydrogen-bond acceptors (Lipinski definition) is 3. The van der Waals surface area contributed by atoms with E-state index in [0.717, 1.165) is 11.1 Å². The topological polar surface area (TPSA) is 98.2 Å². The highest BCUT2D eigenvalue weighted by atomic mass is 16.4. The number of primary amides is 1. The molecule has 0 aliphatic carbocycles. The molecule has 6 heteroatoms. The second kappa shape index (κ2) is 5.16. The first-order valence-electron chi connectivity index (χ1n) is 6.05. The van der Waals surface area contributed by atoms with E-state index in [0.29, 0.717) is 17.8 Å². The Hall–Kier alpha value is -2.63. The molecule has 1 heterocycles. The van der Waals surface area contributed by atoms with E-state index in [1.165, 1.54) is 6.20 Å². The summed E-state index contributed by atoms with van der Waals surface area (Å²) in [4.78, 5) is 22.1. The molecule has 104 valence electrons. The fraction of sp³-hybridized carbons (Fsp3) is 0.214.